The summed E-state index contributed by atoms with van der Waals surface area (Å²) >= 11 is 9.72. The molecule has 1 unspecified atom stereocenters. The number of nitrogens with zero attached hydrogens (tertiary/aromatic N) is 2. The second-order valence-electron chi connectivity index (χ2n) is 7.60. The molecule has 5 nitrogen and oxygen atoms in total. The van der Waals surface area contributed by atoms with E-state index in [2.05, 4.69) is 15.9 Å². The minimum absolute atomic E-state index is 0.0863. The van der Waals surface area contributed by atoms with Crippen LogP contribution in [0.25, 0.3) is 0 Å². The zero-order valence-corrected chi connectivity index (χ0v) is 19.6. The van der Waals surface area contributed by atoms with Gasteiger partial charge in [-0.3, -0.25) is 14.4 Å². The van der Waals surface area contributed by atoms with Crippen LogP contribution in [0.2, 0.25) is 5.02 Å². The second kappa shape index (κ2) is 9.27. The van der Waals surface area contributed by atoms with Crippen LogP contribution in [0.15, 0.2) is 77.3 Å². The Hall–Kier alpha value is -2.96. The van der Waals surface area contributed by atoms with Crippen molar-refractivity contribution < 1.29 is 14.4 Å². The standard InChI is InChI=1S/C25H20BrClN2O3/c1-16-6-2-4-8-20(16)24(31)28(15-17-7-3-5-9-21(17)27)22-14-23(30)29(25(22)32)19-12-10-18(26)11-13-19/h2-13,22H,14-15H2,1H3. The van der Waals surface area contributed by atoms with Crippen LogP contribution in [0.1, 0.15) is 27.9 Å². The van der Waals surface area contributed by atoms with Crippen LogP contribution >= 0.6 is 27.5 Å². The van der Waals surface area contributed by atoms with Gasteiger partial charge in [0.05, 0.1) is 12.1 Å². The van der Waals surface area contributed by atoms with E-state index in [1.54, 1.807) is 48.5 Å². The Bertz CT molecular complexity index is 1200. The van der Waals surface area contributed by atoms with Crippen LogP contribution in [-0.2, 0) is 16.1 Å². The monoisotopic (exact) mass is 510 g/mol. The fourth-order valence-corrected chi connectivity index (χ4v) is 4.28. The van der Waals surface area contributed by atoms with Gasteiger partial charge >= 0.3 is 0 Å². The summed E-state index contributed by atoms with van der Waals surface area (Å²) in [5.74, 6) is -1.08. The molecule has 162 valence electrons. The molecule has 0 aromatic heterocycles. The second-order valence-corrected chi connectivity index (χ2v) is 8.93. The lowest BCUT2D eigenvalue weighted by atomic mass is 10.0. The van der Waals surface area contributed by atoms with E-state index >= 15 is 0 Å². The van der Waals surface area contributed by atoms with E-state index in [1.165, 1.54) is 4.90 Å². The smallest absolute Gasteiger partial charge is 0.257 e. The van der Waals surface area contributed by atoms with E-state index in [-0.39, 0.29) is 24.8 Å². The Morgan fingerprint density at radius 3 is 2.38 bits per heavy atom. The van der Waals surface area contributed by atoms with Gasteiger partial charge in [-0.25, -0.2) is 4.90 Å². The van der Waals surface area contributed by atoms with E-state index in [9.17, 15) is 14.4 Å². The molecule has 0 N–H and O–H groups in total. The molecule has 0 radical (unpaired) electrons. The van der Waals surface area contributed by atoms with Crippen molar-refractivity contribution in [1.29, 1.82) is 0 Å². The summed E-state index contributed by atoms with van der Waals surface area (Å²) in [6.07, 6.45) is -0.0863. The van der Waals surface area contributed by atoms with Gasteiger partial charge < -0.3 is 4.90 Å². The summed E-state index contributed by atoms with van der Waals surface area (Å²) in [4.78, 5) is 42.5. The van der Waals surface area contributed by atoms with Crippen LogP contribution in [0.5, 0.6) is 0 Å². The minimum atomic E-state index is -0.922. The van der Waals surface area contributed by atoms with Gasteiger partial charge in [0.15, 0.2) is 0 Å². The van der Waals surface area contributed by atoms with Crippen molar-refractivity contribution in [2.45, 2.75) is 25.9 Å². The van der Waals surface area contributed by atoms with Crippen LogP contribution in [-0.4, -0.2) is 28.7 Å². The molecule has 1 heterocycles. The first-order chi connectivity index (χ1) is 15.4. The van der Waals surface area contributed by atoms with Gasteiger partial charge in [-0.15, -0.1) is 0 Å². The molecule has 1 saturated heterocycles. The molecule has 0 aliphatic carbocycles. The molecule has 0 spiro atoms. The third-order valence-corrected chi connectivity index (χ3v) is 6.42. The fraction of sp³-hybridized carbons (Fsp3) is 0.160. The normalized spacial score (nSPS) is 15.8. The summed E-state index contributed by atoms with van der Waals surface area (Å²) in [7, 11) is 0. The molecule has 1 aliphatic heterocycles. The van der Waals surface area contributed by atoms with Crippen LogP contribution in [0.3, 0.4) is 0 Å². The van der Waals surface area contributed by atoms with Gasteiger partial charge in [0, 0.05) is 21.6 Å². The molecule has 1 fully saturated rings. The summed E-state index contributed by atoms with van der Waals surface area (Å²) in [5, 5.41) is 0.497. The lowest BCUT2D eigenvalue weighted by molar-refractivity contribution is -0.122. The summed E-state index contributed by atoms with van der Waals surface area (Å²) in [6.45, 7) is 1.96. The highest BCUT2D eigenvalue weighted by atomic mass is 79.9. The predicted molar refractivity (Wildman–Crippen MR) is 128 cm³/mol. The van der Waals surface area contributed by atoms with Crippen LogP contribution in [0, 0.1) is 6.92 Å². The zero-order chi connectivity index (χ0) is 22.8. The van der Waals surface area contributed by atoms with Gasteiger partial charge in [0.1, 0.15) is 6.04 Å². The maximum Gasteiger partial charge on any atom is 0.257 e. The number of aryl methyl sites for hydroxylation is 1. The minimum Gasteiger partial charge on any atom is -0.322 e. The SMILES string of the molecule is Cc1ccccc1C(=O)N(Cc1ccccc1Cl)C1CC(=O)N(c2ccc(Br)cc2)C1=O. The Balaban J connectivity index is 1.72. The number of carbonyl (C=O) groups is 3. The molecule has 3 aromatic rings. The fourth-order valence-electron chi connectivity index (χ4n) is 3.82. The van der Waals surface area contributed by atoms with Crippen LogP contribution in [0.4, 0.5) is 5.69 Å². The summed E-state index contributed by atoms with van der Waals surface area (Å²) in [5.41, 5.74) is 2.47. The largest absolute Gasteiger partial charge is 0.322 e. The average Bonchev–Trinajstić information content (AvgIpc) is 3.07. The zero-order valence-electron chi connectivity index (χ0n) is 17.3. The maximum absolute atomic E-state index is 13.6. The van der Waals surface area contributed by atoms with Gasteiger partial charge in [0.25, 0.3) is 11.8 Å². The molecule has 1 aliphatic rings. The molecule has 0 bridgehead atoms. The topological polar surface area (TPSA) is 57.7 Å². The van der Waals surface area contributed by atoms with Crippen LogP contribution < -0.4 is 4.90 Å². The number of hydrogen-bond acceptors (Lipinski definition) is 3. The first-order valence-corrected chi connectivity index (χ1v) is 11.3. The van der Waals surface area contributed by atoms with E-state index in [1.807, 2.05) is 31.2 Å². The highest BCUT2D eigenvalue weighted by molar-refractivity contribution is 9.10. The number of amides is 3. The van der Waals surface area contributed by atoms with E-state index in [0.717, 1.165) is 14.9 Å². The van der Waals surface area contributed by atoms with Gasteiger partial charge in [-0.05, 0) is 54.4 Å². The highest BCUT2D eigenvalue weighted by Crippen LogP contribution is 2.30. The molecule has 3 amide bonds. The van der Waals surface area contributed by atoms with E-state index in [4.69, 9.17) is 11.6 Å². The molecule has 7 heteroatoms. The Morgan fingerprint density at radius 2 is 1.69 bits per heavy atom. The average molecular weight is 512 g/mol. The quantitative estimate of drug-likeness (QED) is 0.432. The van der Waals surface area contributed by atoms with E-state index < -0.39 is 11.9 Å². The Morgan fingerprint density at radius 1 is 1.03 bits per heavy atom. The number of benzene rings is 3. The maximum atomic E-state index is 13.6. The number of halogens is 2. The van der Waals surface area contributed by atoms with Gasteiger partial charge in [-0.2, -0.15) is 0 Å². The number of rotatable bonds is 5. The summed E-state index contributed by atoms with van der Waals surface area (Å²) < 4.78 is 0.840. The first-order valence-electron chi connectivity index (χ1n) is 10.1. The lowest BCUT2D eigenvalue weighted by Crippen LogP contribution is -2.45. The predicted octanol–water partition coefficient (Wildman–Crippen LogP) is 5.39. The first kappa shape index (κ1) is 22.2. The number of imide groups is 1. The third kappa shape index (κ3) is 4.33. The van der Waals surface area contributed by atoms with Crippen molar-refractivity contribution in [3.8, 4) is 0 Å². The van der Waals surface area contributed by atoms with Crippen molar-refractivity contribution in [2.75, 3.05) is 4.90 Å². The molecular formula is C25H20BrClN2O3. The van der Waals surface area contributed by atoms with Crippen molar-refractivity contribution in [1.82, 2.24) is 4.90 Å². The molecular weight excluding hydrogens is 492 g/mol. The van der Waals surface area contributed by atoms with E-state index in [0.29, 0.717) is 21.8 Å². The molecule has 1 atom stereocenters. The third-order valence-electron chi connectivity index (χ3n) is 5.52. The summed E-state index contributed by atoms with van der Waals surface area (Å²) in [6, 6.07) is 20.4. The molecule has 0 saturated carbocycles. The molecule has 3 aromatic carbocycles. The number of anilines is 1. The highest BCUT2D eigenvalue weighted by Gasteiger charge is 2.44. The van der Waals surface area contributed by atoms with Gasteiger partial charge in [0.2, 0.25) is 5.91 Å². The lowest BCUT2D eigenvalue weighted by Gasteiger charge is -2.28. The molecule has 4 rings (SSSR count). The Labute approximate surface area is 199 Å². The van der Waals surface area contributed by atoms with Crippen molar-refractivity contribution in [3.05, 3.63) is 99.0 Å². The number of carbonyl (C=O) groups excluding carboxylic acids is 3. The molecule has 32 heavy (non-hydrogen) atoms. The van der Waals surface area contributed by atoms with Crippen molar-refractivity contribution in [2.24, 2.45) is 0 Å². The van der Waals surface area contributed by atoms with Crippen molar-refractivity contribution in [3.63, 3.8) is 0 Å². The van der Waals surface area contributed by atoms with Crippen molar-refractivity contribution >= 4 is 50.9 Å². The van der Waals surface area contributed by atoms with Gasteiger partial charge in [-0.1, -0.05) is 63.9 Å². The Kier molecular flexibility index (Phi) is 6.44. The number of hydrogen-bond donors (Lipinski definition) is 0.